The SMILES string of the molecule is Cc1ccc2c(/C=C3\CC/C(=C/c4ccc(N(C)C)cc4)C3=O)cc(=O)oc2c1. The number of allylic oxidation sites excluding steroid dienone is 2. The van der Waals surface area contributed by atoms with E-state index in [4.69, 9.17) is 4.42 Å². The average Bonchev–Trinajstić information content (AvgIpc) is 3.01. The Labute approximate surface area is 169 Å². The third kappa shape index (κ3) is 3.92. The van der Waals surface area contributed by atoms with Crippen LogP contribution in [0.2, 0.25) is 0 Å². The largest absolute Gasteiger partial charge is 0.423 e. The first-order chi connectivity index (χ1) is 13.9. The molecule has 4 nitrogen and oxygen atoms in total. The minimum atomic E-state index is -0.405. The number of Topliss-reactive ketones (excluding diaryl/α,β-unsaturated/α-hetero) is 1. The van der Waals surface area contributed by atoms with Crippen LogP contribution in [-0.4, -0.2) is 19.9 Å². The van der Waals surface area contributed by atoms with Gasteiger partial charge in [-0.15, -0.1) is 0 Å². The van der Waals surface area contributed by atoms with Gasteiger partial charge in [0.2, 0.25) is 0 Å². The zero-order chi connectivity index (χ0) is 20.5. The maximum atomic E-state index is 12.9. The quantitative estimate of drug-likeness (QED) is 0.470. The van der Waals surface area contributed by atoms with Crippen molar-refractivity contribution in [2.75, 3.05) is 19.0 Å². The predicted molar refractivity (Wildman–Crippen MR) is 118 cm³/mol. The van der Waals surface area contributed by atoms with Crippen LogP contribution in [0.5, 0.6) is 0 Å². The van der Waals surface area contributed by atoms with Crippen LogP contribution in [0.4, 0.5) is 5.69 Å². The lowest BCUT2D eigenvalue weighted by Crippen LogP contribution is -2.07. The van der Waals surface area contributed by atoms with Crippen LogP contribution in [0.15, 0.2) is 68.9 Å². The highest BCUT2D eigenvalue weighted by Crippen LogP contribution is 2.31. The van der Waals surface area contributed by atoms with E-state index in [0.717, 1.165) is 38.9 Å². The number of fused-ring (bicyclic) bond motifs is 1. The van der Waals surface area contributed by atoms with Gasteiger partial charge in [-0.05, 0) is 66.8 Å². The third-order valence-corrected chi connectivity index (χ3v) is 5.26. The molecule has 1 aliphatic rings. The summed E-state index contributed by atoms with van der Waals surface area (Å²) in [6, 6.07) is 15.3. The number of benzene rings is 2. The van der Waals surface area contributed by atoms with Gasteiger partial charge >= 0.3 is 5.63 Å². The van der Waals surface area contributed by atoms with E-state index in [9.17, 15) is 9.59 Å². The van der Waals surface area contributed by atoms with E-state index in [1.54, 1.807) is 0 Å². The van der Waals surface area contributed by atoms with E-state index < -0.39 is 5.63 Å². The van der Waals surface area contributed by atoms with Gasteiger partial charge in [-0.3, -0.25) is 4.79 Å². The molecule has 0 aliphatic heterocycles. The van der Waals surface area contributed by atoms with Crippen molar-refractivity contribution in [1.29, 1.82) is 0 Å². The number of anilines is 1. The minimum absolute atomic E-state index is 0.0511. The van der Waals surface area contributed by atoms with Crippen LogP contribution in [0.1, 0.15) is 29.5 Å². The molecule has 1 aromatic heterocycles. The molecule has 1 saturated carbocycles. The molecule has 3 aromatic rings. The smallest absolute Gasteiger partial charge is 0.336 e. The second-order valence-corrected chi connectivity index (χ2v) is 7.67. The molecule has 0 atom stereocenters. The lowest BCUT2D eigenvalue weighted by Gasteiger charge is -2.11. The molecule has 0 bridgehead atoms. The van der Waals surface area contributed by atoms with Crippen LogP contribution in [0, 0.1) is 6.92 Å². The van der Waals surface area contributed by atoms with Gasteiger partial charge in [0.1, 0.15) is 5.58 Å². The molecular weight excluding hydrogens is 362 g/mol. The summed E-state index contributed by atoms with van der Waals surface area (Å²) in [7, 11) is 4.00. The molecule has 29 heavy (non-hydrogen) atoms. The van der Waals surface area contributed by atoms with Gasteiger partial charge in [-0.1, -0.05) is 24.3 Å². The number of rotatable bonds is 3. The number of aryl methyl sites for hydroxylation is 1. The maximum absolute atomic E-state index is 12.9. The number of nitrogens with zero attached hydrogens (tertiary/aromatic N) is 1. The highest BCUT2D eigenvalue weighted by atomic mass is 16.4. The summed E-state index contributed by atoms with van der Waals surface area (Å²) in [6.07, 6.45) is 5.18. The van der Waals surface area contributed by atoms with E-state index in [1.807, 2.05) is 80.5 Å². The number of hydrogen-bond acceptors (Lipinski definition) is 4. The number of carbonyl (C=O) groups is 1. The standard InChI is InChI=1S/C25H23NO3/c1-16-4-11-22-20(15-24(27)29-23(22)12-16)14-19-8-7-18(25(19)28)13-17-5-9-21(10-6-17)26(2)3/h4-6,9-15H,7-8H2,1-3H3/b18-13-,19-14+. The lowest BCUT2D eigenvalue weighted by molar-refractivity contribution is -0.111. The molecule has 0 spiro atoms. The Morgan fingerprint density at radius 3 is 2.28 bits per heavy atom. The Balaban J connectivity index is 1.66. The van der Waals surface area contributed by atoms with Crippen LogP contribution in [0.25, 0.3) is 23.1 Å². The zero-order valence-corrected chi connectivity index (χ0v) is 16.9. The van der Waals surface area contributed by atoms with E-state index in [0.29, 0.717) is 18.4 Å². The van der Waals surface area contributed by atoms with E-state index in [1.165, 1.54) is 6.07 Å². The van der Waals surface area contributed by atoms with Crippen molar-refractivity contribution >= 4 is 34.6 Å². The summed E-state index contributed by atoms with van der Waals surface area (Å²) in [4.78, 5) is 26.9. The zero-order valence-electron chi connectivity index (χ0n) is 16.9. The topological polar surface area (TPSA) is 50.5 Å². The van der Waals surface area contributed by atoms with Crippen LogP contribution >= 0.6 is 0 Å². The Hall–Kier alpha value is -3.40. The van der Waals surface area contributed by atoms with Crippen molar-refractivity contribution in [2.24, 2.45) is 0 Å². The van der Waals surface area contributed by atoms with Crippen molar-refractivity contribution in [2.45, 2.75) is 19.8 Å². The number of hydrogen-bond donors (Lipinski definition) is 0. The van der Waals surface area contributed by atoms with Crippen LogP contribution in [0.3, 0.4) is 0 Å². The molecule has 4 rings (SSSR count). The Morgan fingerprint density at radius 2 is 1.59 bits per heavy atom. The molecule has 2 aromatic carbocycles. The summed E-state index contributed by atoms with van der Waals surface area (Å²) >= 11 is 0. The van der Waals surface area contributed by atoms with Gasteiger partial charge in [0, 0.05) is 42.4 Å². The molecule has 146 valence electrons. The Morgan fingerprint density at radius 1 is 0.897 bits per heavy atom. The summed E-state index contributed by atoms with van der Waals surface area (Å²) in [6.45, 7) is 1.95. The second-order valence-electron chi connectivity index (χ2n) is 7.67. The van der Waals surface area contributed by atoms with Gasteiger partial charge in [0.05, 0.1) is 0 Å². The van der Waals surface area contributed by atoms with Gasteiger partial charge in [-0.25, -0.2) is 4.79 Å². The number of carbonyl (C=O) groups excluding carboxylic acids is 1. The molecule has 0 unspecified atom stereocenters. The summed E-state index contributed by atoms with van der Waals surface area (Å²) < 4.78 is 5.32. The van der Waals surface area contributed by atoms with Gasteiger partial charge < -0.3 is 9.32 Å². The van der Waals surface area contributed by atoms with Gasteiger partial charge in [0.15, 0.2) is 5.78 Å². The molecule has 1 fully saturated rings. The predicted octanol–water partition coefficient (Wildman–Crippen LogP) is 5.00. The maximum Gasteiger partial charge on any atom is 0.336 e. The van der Waals surface area contributed by atoms with Crippen LogP contribution in [-0.2, 0) is 4.79 Å². The normalized spacial score (nSPS) is 16.9. The first-order valence-electron chi connectivity index (χ1n) is 9.68. The molecule has 0 amide bonds. The molecule has 0 saturated heterocycles. The highest BCUT2D eigenvalue weighted by Gasteiger charge is 2.23. The highest BCUT2D eigenvalue weighted by molar-refractivity contribution is 6.16. The van der Waals surface area contributed by atoms with E-state index in [-0.39, 0.29) is 5.78 Å². The summed E-state index contributed by atoms with van der Waals surface area (Å²) in [5, 5.41) is 0.840. The van der Waals surface area contributed by atoms with Crippen molar-refractivity contribution in [3.63, 3.8) is 0 Å². The summed E-state index contributed by atoms with van der Waals surface area (Å²) in [5.41, 5.74) is 5.57. The summed E-state index contributed by atoms with van der Waals surface area (Å²) in [5.74, 6) is 0.0511. The second kappa shape index (κ2) is 7.55. The molecule has 1 heterocycles. The molecule has 0 N–H and O–H groups in total. The first-order valence-corrected chi connectivity index (χ1v) is 9.68. The van der Waals surface area contributed by atoms with Gasteiger partial charge in [0.25, 0.3) is 0 Å². The molecule has 0 radical (unpaired) electrons. The number of ketones is 1. The fourth-order valence-electron chi connectivity index (χ4n) is 3.65. The van der Waals surface area contributed by atoms with Crippen molar-refractivity contribution < 1.29 is 9.21 Å². The monoisotopic (exact) mass is 385 g/mol. The van der Waals surface area contributed by atoms with Crippen molar-refractivity contribution in [1.82, 2.24) is 0 Å². The minimum Gasteiger partial charge on any atom is -0.423 e. The molecular formula is C25H23NO3. The lowest BCUT2D eigenvalue weighted by atomic mass is 10.0. The van der Waals surface area contributed by atoms with Crippen molar-refractivity contribution in [3.8, 4) is 0 Å². The molecule has 1 aliphatic carbocycles. The van der Waals surface area contributed by atoms with Crippen molar-refractivity contribution in [3.05, 3.63) is 86.8 Å². The Bertz CT molecular complexity index is 1210. The third-order valence-electron chi connectivity index (χ3n) is 5.26. The fourth-order valence-corrected chi connectivity index (χ4v) is 3.65. The first kappa shape index (κ1) is 18.9. The van der Waals surface area contributed by atoms with Crippen LogP contribution < -0.4 is 10.5 Å². The average molecular weight is 385 g/mol. The van der Waals surface area contributed by atoms with E-state index in [2.05, 4.69) is 0 Å². The fraction of sp³-hybridized carbons (Fsp3) is 0.200. The Kier molecular flexibility index (Phi) is 4.93. The molecule has 4 heteroatoms. The van der Waals surface area contributed by atoms with Gasteiger partial charge in [-0.2, -0.15) is 0 Å². The van der Waals surface area contributed by atoms with E-state index >= 15 is 0 Å².